The summed E-state index contributed by atoms with van der Waals surface area (Å²) in [7, 11) is 3.17. The molecule has 5 aliphatic rings. The van der Waals surface area contributed by atoms with Gasteiger partial charge >= 0.3 is 12.1 Å². The Morgan fingerprint density at radius 2 is 1.33 bits per heavy atom. The monoisotopic (exact) mass is 1710 g/mol. The highest BCUT2D eigenvalue weighted by molar-refractivity contribution is 6.07. The molecule has 12 amide bonds. The van der Waals surface area contributed by atoms with E-state index in [1.54, 1.807) is 60.3 Å². The van der Waals surface area contributed by atoms with Gasteiger partial charge in [0.2, 0.25) is 59.1 Å². The number of aromatic amines is 1. The summed E-state index contributed by atoms with van der Waals surface area (Å²) in [6, 6.07) is 44.6. The second kappa shape index (κ2) is 40.2. The molecule has 126 heavy (non-hydrogen) atoms. The molecule has 12 N–H and O–H groups in total. The van der Waals surface area contributed by atoms with Gasteiger partial charge in [-0.25, -0.2) is 24.5 Å². The zero-order chi connectivity index (χ0) is 88.6. The summed E-state index contributed by atoms with van der Waals surface area (Å²) >= 11 is 0. The van der Waals surface area contributed by atoms with Crippen molar-refractivity contribution < 1.29 is 71.7 Å². The van der Waals surface area contributed by atoms with E-state index in [4.69, 9.17) is 34.6 Å². The molecule has 3 saturated heterocycles. The SMILES string of the molecule is COc1ccc(C#CCNC2(C)CCN(C3CCN(c4nc([C@@](COCNC(=O)CNC(=O)[C@H](Cc5ccccc5)NC(=O)CNC(=O)CNC(=O)OCC5c6ccccc6-c6ccccc65)(OC5CC5)c5ccccc5)c5cc(-c6cn(C)c(=O)c7[nH]ccc67)ccc5n4)CC3)CC2)cc1N1CCC(=O)N(CNC(=O)CNC(=O)[C@H](CC(N)=O)NC(C)=O)C1=O. The molecule has 1 saturated carbocycles. The first kappa shape index (κ1) is 88.4. The lowest BCUT2D eigenvalue weighted by molar-refractivity contribution is -0.132. The maximum Gasteiger partial charge on any atom is 0.407 e. The quantitative estimate of drug-likeness (QED) is 0.0146. The Morgan fingerprint density at radius 3 is 2.02 bits per heavy atom. The van der Waals surface area contributed by atoms with Crippen molar-refractivity contribution in [3.8, 4) is 39.8 Å². The number of aromatic nitrogens is 4. The first-order chi connectivity index (χ1) is 60.9. The van der Waals surface area contributed by atoms with Crippen LogP contribution >= 0.6 is 0 Å². The number of anilines is 2. The fourth-order valence-electron chi connectivity index (χ4n) is 16.5. The normalized spacial score (nSPS) is 16.0. The van der Waals surface area contributed by atoms with E-state index < -0.39 is 122 Å². The average Bonchev–Trinajstić information content (AvgIpc) is 1.46. The number of benzene rings is 6. The predicted molar refractivity (Wildman–Crippen MR) is 467 cm³/mol. The average molecular weight is 1720 g/mol. The number of hydrogen-bond acceptors (Lipinski definition) is 21. The number of H-pyrrole nitrogens is 1. The van der Waals surface area contributed by atoms with Gasteiger partial charge in [0.25, 0.3) is 5.56 Å². The van der Waals surface area contributed by atoms with Gasteiger partial charge in [0, 0.05) is 111 Å². The van der Waals surface area contributed by atoms with Crippen LogP contribution in [0.1, 0.15) is 105 Å². The lowest BCUT2D eigenvalue weighted by atomic mass is 9.87. The highest BCUT2D eigenvalue weighted by atomic mass is 16.6. The van der Waals surface area contributed by atoms with Crippen molar-refractivity contribution in [1.82, 2.24) is 77.2 Å². The Labute approximate surface area is 726 Å². The number of carbonyl (C=O) groups excluding carboxylic acids is 11. The Bertz CT molecular complexity index is 5660. The summed E-state index contributed by atoms with van der Waals surface area (Å²) in [5, 5.41) is 25.3. The molecule has 4 fully saturated rings. The van der Waals surface area contributed by atoms with Crippen LogP contribution in [0.25, 0.3) is 44.1 Å². The fraction of sp³-hybridized carbons (Fsp3) is 0.370. The summed E-state index contributed by atoms with van der Waals surface area (Å²) in [6.07, 6.45) is 6.97. The van der Waals surface area contributed by atoms with Crippen LogP contribution in [0.4, 0.5) is 21.2 Å². The van der Waals surface area contributed by atoms with Crippen LogP contribution in [0.5, 0.6) is 5.75 Å². The number of nitrogens with one attached hydrogen (secondary N) is 10. The molecule has 14 rings (SSSR count). The van der Waals surface area contributed by atoms with E-state index in [2.05, 4.69) is 81.4 Å². The highest BCUT2D eigenvalue weighted by Crippen LogP contribution is 2.46. The van der Waals surface area contributed by atoms with Gasteiger partial charge in [-0.15, -0.1) is 0 Å². The number of fused-ring (bicyclic) bond motifs is 5. The summed E-state index contributed by atoms with van der Waals surface area (Å²) < 4.78 is 26.7. The van der Waals surface area contributed by atoms with Crippen molar-refractivity contribution in [2.24, 2.45) is 12.8 Å². The van der Waals surface area contributed by atoms with Crippen molar-refractivity contribution in [2.75, 3.05) is 109 Å². The number of carbonyl (C=O) groups is 11. The standard InChI is InChI=1S/C92H102N18O16/c1-57(111)102-74(47-77(93)112)86(119)96-48-79(114)99-55-110-82(117)34-41-109(90(110)122)75-45-59(25-30-76(75)123-4)18-15-37-101-91(2)35-42-107(43-36-91)62-32-39-108(40-33-62)88-104-72-29-26-60(70-52-106(3)87(120)83-68(70)31-38-94-83)46-69(72)84(105-88)92(126-63-27-28-63,61-19-9-6-10-20-61)54-124-56-100-80(115)49-97-85(118)73(44-58-16-7-5-8-17-58)103-81(116)51-95-78(113)50-98-89(121)125-53-71-66-23-13-11-21-64(66)65-22-12-14-24-67(65)71/h5-14,16-17,19-26,29-31,38,45-46,52,62-63,71,73-74,94,101H,27-28,32-37,39-44,47-51,53-56H2,1-4H3,(H2,93,112)(H,95,113)(H,96,119)(H,97,118)(H,98,121)(H,99,114)(H,100,115)(H,102,111)(H,103,116)/t73-,74-,92-/m0/s1. The van der Waals surface area contributed by atoms with E-state index in [9.17, 15) is 57.5 Å². The molecule has 34 heteroatoms. The van der Waals surface area contributed by atoms with Crippen LogP contribution in [-0.2, 0) is 76.4 Å². The first-order valence-corrected chi connectivity index (χ1v) is 42.1. The van der Waals surface area contributed by atoms with Crippen LogP contribution in [0.3, 0.4) is 0 Å². The molecule has 9 aromatic rings. The van der Waals surface area contributed by atoms with Gasteiger partial charge in [0.15, 0.2) is 5.60 Å². The van der Waals surface area contributed by atoms with Gasteiger partial charge in [-0.1, -0.05) is 127 Å². The number of alkyl carbamates (subject to hydrolysis) is 1. The number of imide groups is 1. The molecule has 3 aromatic heterocycles. The van der Waals surface area contributed by atoms with Crippen molar-refractivity contribution in [3.05, 3.63) is 208 Å². The number of aryl methyl sites for hydroxylation is 1. The van der Waals surface area contributed by atoms with Crippen LogP contribution in [0, 0.1) is 11.8 Å². The molecule has 2 aliphatic carbocycles. The van der Waals surface area contributed by atoms with Gasteiger partial charge in [-0.3, -0.25) is 52.8 Å². The summed E-state index contributed by atoms with van der Waals surface area (Å²) in [4.78, 5) is 177. The lowest BCUT2D eigenvalue weighted by Gasteiger charge is -2.45. The van der Waals surface area contributed by atoms with E-state index in [0.29, 0.717) is 70.3 Å². The third-order valence-corrected chi connectivity index (χ3v) is 23.4. The maximum atomic E-state index is 14.1. The first-order valence-electron chi connectivity index (χ1n) is 42.1. The third kappa shape index (κ3) is 21.5. The number of urea groups is 1. The number of amides is 12. The molecular formula is C92H102N18O16. The number of primary amides is 1. The van der Waals surface area contributed by atoms with Crippen molar-refractivity contribution >= 4 is 98.7 Å². The number of rotatable bonds is 35. The van der Waals surface area contributed by atoms with E-state index in [1.165, 1.54) is 12.0 Å². The zero-order valence-electron chi connectivity index (χ0n) is 70.5. The van der Waals surface area contributed by atoms with Gasteiger partial charge < -0.3 is 91.9 Å². The Balaban J connectivity index is 0.600. The van der Waals surface area contributed by atoms with Crippen molar-refractivity contribution in [2.45, 2.75) is 113 Å². The number of ether oxygens (including phenoxy) is 4. The molecule has 0 unspecified atom stereocenters. The minimum Gasteiger partial charge on any atom is -0.495 e. The maximum absolute atomic E-state index is 14.1. The van der Waals surface area contributed by atoms with E-state index in [1.807, 2.05) is 115 Å². The van der Waals surface area contributed by atoms with Crippen LogP contribution < -0.4 is 73.7 Å². The number of nitrogens with zero attached hydrogens (tertiary/aromatic N) is 7. The molecule has 3 atom stereocenters. The summed E-state index contributed by atoms with van der Waals surface area (Å²) in [5.41, 5.74) is 13.2. The summed E-state index contributed by atoms with van der Waals surface area (Å²) in [5.74, 6) is 0.950. The second-order valence-corrected chi connectivity index (χ2v) is 32.2. The van der Waals surface area contributed by atoms with Crippen LogP contribution in [0.2, 0.25) is 0 Å². The molecule has 34 nitrogen and oxygen atoms in total. The summed E-state index contributed by atoms with van der Waals surface area (Å²) in [6.45, 7) is 3.72. The molecule has 0 bridgehead atoms. The molecule has 656 valence electrons. The van der Waals surface area contributed by atoms with Gasteiger partial charge in [-0.2, -0.15) is 0 Å². The predicted octanol–water partition coefficient (Wildman–Crippen LogP) is 4.69. The Hall–Kier alpha value is -13.9. The van der Waals surface area contributed by atoms with E-state index >= 15 is 0 Å². The topological polar surface area (TPSA) is 436 Å². The number of hydrogen-bond donors (Lipinski definition) is 11. The number of piperidine rings is 2. The molecule has 0 spiro atoms. The van der Waals surface area contributed by atoms with Gasteiger partial charge in [0.05, 0.1) is 69.3 Å². The Kier molecular flexibility index (Phi) is 28.2. The molecule has 3 aliphatic heterocycles. The lowest BCUT2D eigenvalue weighted by Crippen LogP contribution is -2.56. The molecule has 6 aromatic carbocycles. The van der Waals surface area contributed by atoms with E-state index in [0.717, 1.165) is 108 Å². The number of methoxy groups -OCH3 is 1. The Morgan fingerprint density at radius 1 is 0.675 bits per heavy atom. The highest BCUT2D eigenvalue weighted by Gasteiger charge is 2.46. The smallest absolute Gasteiger partial charge is 0.407 e. The molecular weight excluding hydrogens is 1610 g/mol. The van der Waals surface area contributed by atoms with Gasteiger partial charge in [-0.05, 0) is 121 Å². The third-order valence-electron chi connectivity index (χ3n) is 23.4. The van der Waals surface area contributed by atoms with Crippen molar-refractivity contribution in [3.63, 3.8) is 0 Å². The van der Waals surface area contributed by atoms with Crippen molar-refractivity contribution in [1.29, 1.82) is 0 Å². The minimum atomic E-state index is -1.41. The van der Waals surface area contributed by atoms with Crippen LogP contribution in [-0.4, -0.2) is 224 Å². The number of nitrogens with two attached hydrogens (primary N) is 1. The van der Waals surface area contributed by atoms with Crippen LogP contribution in [0.15, 0.2) is 169 Å². The second-order valence-electron chi connectivity index (χ2n) is 32.2. The van der Waals surface area contributed by atoms with Gasteiger partial charge in [0.1, 0.15) is 49.9 Å². The largest absolute Gasteiger partial charge is 0.495 e. The minimum absolute atomic E-state index is 0.0258. The molecule has 6 heterocycles. The fourth-order valence-corrected chi connectivity index (χ4v) is 16.5. The number of pyridine rings is 1. The molecule has 0 radical (unpaired) electrons. The number of likely N-dealkylation sites (tertiary alicyclic amines) is 1. The van der Waals surface area contributed by atoms with E-state index in [-0.39, 0.29) is 68.5 Å². The zero-order valence-corrected chi connectivity index (χ0v) is 70.5.